The van der Waals surface area contributed by atoms with Crippen LogP contribution in [0.4, 0.5) is 0 Å². The molecule has 1 aromatic rings. The largest absolute Gasteiger partial charge is 0.298 e. The third-order valence-corrected chi connectivity index (χ3v) is 4.83. The Morgan fingerprint density at radius 3 is 2.94 bits per heavy atom. The van der Waals surface area contributed by atoms with Crippen LogP contribution in [0.3, 0.4) is 0 Å². The van der Waals surface area contributed by atoms with E-state index < -0.39 is 0 Å². The van der Waals surface area contributed by atoms with E-state index in [1.54, 1.807) is 10.4 Å². The Labute approximate surface area is 102 Å². The minimum absolute atomic E-state index is 0.508. The van der Waals surface area contributed by atoms with Gasteiger partial charge in [0.25, 0.3) is 0 Å². The number of piperidine rings is 1. The van der Waals surface area contributed by atoms with Crippen molar-refractivity contribution in [1.82, 2.24) is 10.2 Å². The van der Waals surface area contributed by atoms with E-state index in [4.69, 9.17) is 0 Å². The standard InChI is InChI=1S/C13H20N2S/c1-10-9-11-12(16-10)5-6-14-13(11)15-7-3-2-4-8-15/h9,13-14H,2-8H2,1H3. The van der Waals surface area contributed by atoms with Crippen LogP contribution >= 0.6 is 11.3 Å². The molecule has 0 spiro atoms. The molecule has 1 saturated heterocycles. The van der Waals surface area contributed by atoms with Crippen molar-refractivity contribution in [2.45, 2.75) is 38.8 Å². The van der Waals surface area contributed by atoms with Gasteiger partial charge in [0.2, 0.25) is 0 Å². The second kappa shape index (κ2) is 4.47. The van der Waals surface area contributed by atoms with Gasteiger partial charge in [-0.3, -0.25) is 10.2 Å². The molecular formula is C13H20N2S. The van der Waals surface area contributed by atoms with Gasteiger partial charge in [-0.1, -0.05) is 6.42 Å². The first-order chi connectivity index (χ1) is 7.84. The lowest BCUT2D eigenvalue weighted by molar-refractivity contribution is 0.133. The van der Waals surface area contributed by atoms with Crippen LogP contribution in [-0.2, 0) is 6.42 Å². The van der Waals surface area contributed by atoms with Crippen molar-refractivity contribution in [1.29, 1.82) is 0 Å². The summed E-state index contributed by atoms with van der Waals surface area (Å²) in [5, 5.41) is 3.69. The van der Waals surface area contributed by atoms with Crippen LogP contribution < -0.4 is 5.32 Å². The zero-order chi connectivity index (χ0) is 11.0. The van der Waals surface area contributed by atoms with Gasteiger partial charge in [-0.15, -0.1) is 11.3 Å². The topological polar surface area (TPSA) is 15.3 Å². The monoisotopic (exact) mass is 236 g/mol. The molecule has 0 aliphatic carbocycles. The highest BCUT2D eigenvalue weighted by Gasteiger charge is 2.27. The molecule has 1 aromatic heterocycles. The van der Waals surface area contributed by atoms with Gasteiger partial charge in [0.15, 0.2) is 0 Å². The molecule has 1 fully saturated rings. The third-order valence-electron chi connectivity index (χ3n) is 3.71. The smallest absolute Gasteiger partial charge is 0.0871 e. The van der Waals surface area contributed by atoms with Gasteiger partial charge in [0, 0.05) is 16.3 Å². The third kappa shape index (κ3) is 1.92. The average Bonchev–Trinajstić information content (AvgIpc) is 2.70. The zero-order valence-electron chi connectivity index (χ0n) is 9.96. The summed E-state index contributed by atoms with van der Waals surface area (Å²) in [7, 11) is 0. The predicted octanol–water partition coefficient (Wildman–Crippen LogP) is 2.69. The Morgan fingerprint density at radius 1 is 1.31 bits per heavy atom. The second-order valence-electron chi connectivity index (χ2n) is 4.94. The molecule has 0 amide bonds. The molecule has 3 rings (SSSR count). The summed E-state index contributed by atoms with van der Waals surface area (Å²) in [5.74, 6) is 0. The van der Waals surface area contributed by atoms with Crippen molar-refractivity contribution >= 4 is 11.3 Å². The van der Waals surface area contributed by atoms with E-state index in [1.807, 2.05) is 11.3 Å². The maximum atomic E-state index is 3.69. The molecule has 0 aromatic carbocycles. The molecular weight excluding hydrogens is 216 g/mol. The van der Waals surface area contributed by atoms with Gasteiger partial charge in [-0.05, 0) is 50.9 Å². The van der Waals surface area contributed by atoms with Crippen molar-refractivity contribution in [3.05, 3.63) is 21.4 Å². The number of nitrogens with zero attached hydrogens (tertiary/aromatic N) is 1. The highest BCUT2D eigenvalue weighted by atomic mass is 32.1. The molecule has 0 saturated carbocycles. The zero-order valence-corrected chi connectivity index (χ0v) is 10.8. The Kier molecular flexibility index (Phi) is 3.01. The molecule has 1 unspecified atom stereocenters. The van der Waals surface area contributed by atoms with Gasteiger partial charge < -0.3 is 0 Å². The van der Waals surface area contributed by atoms with Crippen molar-refractivity contribution in [2.75, 3.05) is 19.6 Å². The molecule has 2 aliphatic rings. The van der Waals surface area contributed by atoms with Gasteiger partial charge in [-0.25, -0.2) is 0 Å². The summed E-state index contributed by atoms with van der Waals surface area (Å²) in [5.41, 5.74) is 1.57. The van der Waals surface area contributed by atoms with E-state index in [1.165, 1.54) is 43.6 Å². The summed E-state index contributed by atoms with van der Waals surface area (Å²) in [6.07, 6.45) is 5.89. The lowest BCUT2D eigenvalue weighted by Gasteiger charge is -2.37. The van der Waals surface area contributed by atoms with Crippen LogP contribution in [0, 0.1) is 6.92 Å². The minimum atomic E-state index is 0.508. The highest BCUT2D eigenvalue weighted by molar-refractivity contribution is 7.12. The molecule has 0 bridgehead atoms. The van der Waals surface area contributed by atoms with E-state index in [0.29, 0.717) is 6.17 Å². The van der Waals surface area contributed by atoms with E-state index in [9.17, 15) is 0 Å². The fourth-order valence-corrected chi connectivity index (χ4v) is 4.01. The first kappa shape index (κ1) is 10.8. The quantitative estimate of drug-likeness (QED) is 0.806. The normalized spacial score (nSPS) is 26.7. The summed E-state index contributed by atoms with van der Waals surface area (Å²) in [4.78, 5) is 5.72. The van der Waals surface area contributed by atoms with Crippen molar-refractivity contribution in [3.63, 3.8) is 0 Å². The second-order valence-corrected chi connectivity index (χ2v) is 6.28. The minimum Gasteiger partial charge on any atom is -0.298 e. The lowest BCUT2D eigenvalue weighted by Crippen LogP contribution is -2.44. The molecule has 1 atom stereocenters. The number of fused-ring (bicyclic) bond motifs is 1. The summed E-state index contributed by atoms with van der Waals surface area (Å²) < 4.78 is 0. The van der Waals surface area contributed by atoms with Crippen LogP contribution in [0.1, 0.15) is 40.7 Å². The summed E-state index contributed by atoms with van der Waals surface area (Å²) >= 11 is 1.99. The van der Waals surface area contributed by atoms with E-state index in [0.717, 1.165) is 6.54 Å². The van der Waals surface area contributed by atoms with Crippen LogP contribution in [0.5, 0.6) is 0 Å². The van der Waals surface area contributed by atoms with Gasteiger partial charge >= 0.3 is 0 Å². The van der Waals surface area contributed by atoms with Crippen LogP contribution in [0.15, 0.2) is 6.07 Å². The molecule has 1 N–H and O–H groups in total. The number of hydrogen-bond acceptors (Lipinski definition) is 3. The number of likely N-dealkylation sites (tertiary alicyclic amines) is 1. The SMILES string of the molecule is Cc1cc2c(s1)CCNC2N1CCCCC1. The molecule has 2 aliphatic heterocycles. The average molecular weight is 236 g/mol. The number of nitrogens with one attached hydrogen (secondary N) is 1. The Morgan fingerprint density at radius 2 is 2.12 bits per heavy atom. The maximum absolute atomic E-state index is 3.69. The van der Waals surface area contributed by atoms with E-state index in [2.05, 4.69) is 23.2 Å². The highest BCUT2D eigenvalue weighted by Crippen LogP contribution is 2.33. The number of hydrogen-bond donors (Lipinski definition) is 1. The first-order valence-corrected chi connectivity index (χ1v) is 7.23. The van der Waals surface area contributed by atoms with Crippen LogP contribution in [-0.4, -0.2) is 24.5 Å². The van der Waals surface area contributed by atoms with Crippen molar-refractivity contribution in [3.8, 4) is 0 Å². The van der Waals surface area contributed by atoms with Gasteiger partial charge in [0.1, 0.15) is 0 Å². The molecule has 3 heterocycles. The fourth-order valence-electron chi connectivity index (χ4n) is 2.94. The Balaban J connectivity index is 1.85. The van der Waals surface area contributed by atoms with Crippen LogP contribution in [0.25, 0.3) is 0 Å². The molecule has 16 heavy (non-hydrogen) atoms. The lowest BCUT2D eigenvalue weighted by atomic mass is 10.0. The molecule has 88 valence electrons. The predicted molar refractivity (Wildman–Crippen MR) is 68.9 cm³/mol. The Hall–Kier alpha value is -0.380. The van der Waals surface area contributed by atoms with E-state index >= 15 is 0 Å². The fraction of sp³-hybridized carbons (Fsp3) is 0.692. The van der Waals surface area contributed by atoms with Crippen LogP contribution in [0.2, 0.25) is 0 Å². The summed E-state index contributed by atoms with van der Waals surface area (Å²) in [6.45, 7) is 5.92. The van der Waals surface area contributed by atoms with Gasteiger partial charge in [0.05, 0.1) is 6.17 Å². The number of thiophene rings is 1. The van der Waals surface area contributed by atoms with Crippen molar-refractivity contribution in [2.24, 2.45) is 0 Å². The molecule has 3 heteroatoms. The number of aryl methyl sites for hydroxylation is 1. The number of rotatable bonds is 1. The molecule has 2 nitrogen and oxygen atoms in total. The Bertz CT molecular complexity index is 366. The van der Waals surface area contributed by atoms with E-state index in [-0.39, 0.29) is 0 Å². The maximum Gasteiger partial charge on any atom is 0.0871 e. The van der Waals surface area contributed by atoms with Gasteiger partial charge in [-0.2, -0.15) is 0 Å². The summed E-state index contributed by atoms with van der Waals surface area (Å²) in [6, 6.07) is 2.39. The molecule has 0 radical (unpaired) electrons. The first-order valence-electron chi connectivity index (χ1n) is 6.41. The van der Waals surface area contributed by atoms with Crippen molar-refractivity contribution < 1.29 is 0 Å².